The Morgan fingerprint density at radius 2 is 1.57 bits per heavy atom. The van der Waals surface area contributed by atoms with Crippen LogP contribution in [0.3, 0.4) is 0 Å². The summed E-state index contributed by atoms with van der Waals surface area (Å²) in [6.45, 7) is 7.70. The van der Waals surface area contributed by atoms with Crippen LogP contribution < -0.4 is 0 Å². The highest BCUT2D eigenvalue weighted by Gasteiger charge is 2.38. The van der Waals surface area contributed by atoms with E-state index in [0.29, 0.717) is 12.1 Å². The largest absolute Gasteiger partial charge is 0.433 e. The third kappa shape index (κ3) is 4.95. The lowest BCUT2D eigenvalue weighted by Gasteiger charge is -2.29. The molecule has 3 rings (SSSR count). The van der Waals surface area contributed by atoms with Gasteiger partial charge in [-0.25, -0.2) is 4.98 Å². The summed E-state index contributed by atoms with van der Waals surface area (Å²) in [6, 6.07) is 3.55. The summed E-state index contributed by atoms with van der Waals surface area (Å²) in [6.07, 6.45) is -7.45. The van der Waals surface area contributed by atoms with Crippen LogP contribution in [0.2, 0.25) is 0 Å². The molecule has 2 heterocycles. The molecule has 30 heavy (non-hydrogen) atoms. The van der Waals surface area contributed by atoms with E-state index in [1.165, 1.54) is 6.07 Å². The molecule has 3 nitrogen and oxygen atoms in total. The normalized spacial score (nSPS) is 20.9. The number of alkyl halides is 6. The quantitative estimate of drug-likeness (QED) is 0.477. The second kappa shape index (κ2) is 8.93. The van der Waals surface area contributed by atoms with Crippen molar-refractivity contribution < 1.29 is 31.4 Å². The lowest BCUT2D eigenvalue weighted by atomic mass is 9.99. The standard InChI is InChI=1S/C19H18F6N2O.C2H6/c1-10-6-7-11(2)27(10)9-15(28)13-8-16(19(23,24)25)26-17-12(13)4-3-5-14(17)18(20,21)22;1-2/h3-8,10-11,15,28H,9H2,1-2H3;1-2H3. The summed E-state index contributed by atoms with van der Waals surface area (Å²) in [7, 11) is 0. The van der Waals surface area contributed by atoms with Crippen molar-refractivity contribution in [1.29, 1.82) is 0 Å². The summed E-state index contributed by atoms with van der Waals surface area (Å²) in [5, 5.41) is 10.5. The van der Waals surface area contributed by atoms with E-state index in [1.807, 2.05) is 44.7 Å². The molecule has 0 saturated heterocycles. The Kier molecular flexibility index (Phi) is 7.19. The van der Waals surface area contributed by atoms with Gasteiger partial charge in [-0.3, -0.25) is 4.90 Å². The van der Waals surface area contributed by atoms with Gasteiger partial charge in [-0.05, 0) is 31.5 Å². The molecule has 0 spiro atoms. The number of benzene rings is 1. The van der Waals surface area contributed by atoms with Gasteiger partial charge in [-0.15, -0.1) is 0 Å². The van der Waals surface area contributed by atoms with Crippen LogP contribution in [0, 0.1) is 0 Å². The summed E-state index contributed by atoms with van der Waals surface area (Å²) >= 11 is 0. The van der Waals surface area contributed by atoms with E-state index in [0.717, 1.165) is 6.07 Å². The summed E-state index contributed by atoms with van der Waals surface area (Å²) < 4.78 is 79.7. The molecule has 3 unspecified atom stereocenters. The van der Waals surface area contributed by atoms with Crippen molar-refractivity contribution in [2.24, 2.45) is 0 Å². The number of hydrogen-bond acceptors (Lipinski definition) is 3. The lowest BCUT2D eigenvalue weighted by Crippen LogP contribution is -2.37. The third-order valence-corrected chi connectivity index (χ3v) is 4.92. The molecule has 0 bridgehead atoms. The fourth-order valence-corrected chi connectivity index (χ4v) is 3.47. The van der Waals surface area contributed by atoms with Gasteiger partial charge in [0.1, 0.15) is 5.69 Å². The molecule has 1 aliphatic rings. The van der Waals surface area contributed by atoms with Crippen LogP contribution in [0.15, 0.2) is 36.4 Å². The van der Waals surface area contributed by atoms with Crippen molar-refractivity contribution in [1.82, 2.24) is 9.88 Å². The minimum absolute atomic E-state index is 0.0258. The van der Waals surface area contributed by atoms with E-state index in [-0.39, 0.29) is 29.6 Å². The van der Waals surface area contributed by atoms with Gasteiger partial charge < -0.3 is 5.11 Å². The number of β-amino-alcohol motifs (C(OH)–C–C–N with tert-alkyl or cyclic N) is 1. The number of fused-ring (bicyclic) bond motifs is 1. The van der Waals surface area contributed by atoms with Crippen molar-refractivity contribution in [2.45, 2.75) is 58.2 Å². The Bertz CT molecular complexity index is 895. The van der Waals surface area contributed by atoms with Crippen LogP contribution in [0.4, 0.5) is 26.3 Å². The Balaban J connectivity index is 0.00000155. The molecule has 3 atom stereocenters. The molecule has 1 N–H and O–H groups in total. The molecule has 9 heteroatoms. The fraction of sp³-hybridized carbons (Fsp3) is 0.476. The minimum Gasteiger partial charge on any atom is -0.387 e. The van der Waals surface area contributed by atoms with Gasteiger partial charge in [-0.1, -0.05) is 38.1 Å². The number of rotatable bonds is 3. The second-order valence-corrected chi connectivity index (χ2v) is 6.87. The first kappa shape index (κ1) is 24.1. The maximum atomic E-state index is 13.3. The second-order valence-electron chi connectivity index (χ2n) is 6.87. The maximum Gasteiger partial charge on any atom is 0.433 e. The highest BCUT2D eigenvalue weighted by molar-refractivity contribution is 5.86. The Morgan fingerprint density at radius 1 is 1.00 bits per heavy atom. The molecular formula is C21H24F6N2O. The predicted molar refractivity (Wildman–Crippen MR) is 103 cm³/mol. The topological polar surface area (TPSA) is 36.4 Å². The van der Waals surface area contributed by atoms with Gasteiger partial charge in [0.15, 0.2) is 0 Å². The molecule has 0 amide bonds. The number of halogens is 6. The number of hydrogen-bond donors (Lipinski definition) is 1. The van der Waals surface area contributed by atoms with Crippen LogP contribution in [-0.4, -0.2) is 33.6 Å². The maximum absolute atomic E-state index is 13.3. The number of nitrogens with zero attached hydrogens (tertiary/aromatic N) is 2. The van der Waals surface area contributed by atoms with E-state index >= 15 is 0 Å². The van der Waals surface area contributed by atoms with Gasteiger partial charge in [0.05, 0.1) is 17.2 Å². The molecule has 166 valence electrons. The van der Waals surface area contributed by atoms with Crippen molar-refractivity contribution in [3.8, 4) is 0 Å². The Hall–Kier alpha value is -2.13. The van der Waals surface area contributed by atoms with E-state index in [1.54, 1.807) is 0 Å². The van der Waals surface area contributed by atoms with Gasteiger partial charge in [-0.2, -0.15) is 26.3 Å². The van der Waals surface area contributed by atoms with E-state index in [4.69, 9.17) is 0 Å². The van der Waals surface area contributed by atoms with E-state index in [2.05, 4.69) is 4.98 Å². The van der Waals surface area contributed by atoms with Crippen molar-refractivity contribution in [3.63, 3.8) is 0 Å². The minimum atomic E-state index is -4.95. The zero-order valence-corrected chi connectivity index (χ0v) is 17.0. The SMILES string of the molecule is CC.CC1C=CC(C)N1CC(O)c1cc(C(F)(F)F)nc2c(C(F)(F)F)cccc12. The number of aromatic nitrogens is 1. The van der Waals surface area contributed by atoms with Gasteiger partial charge >= 0.3 is 12.4 Å². The molecule has 0 saturated carbocycles. The Labute approximate surface area is 171 Å². The Morgan fingerprint density at radius 3 is 2.07 bits per heavy atom. The first-order chi connectivity index (χ1) is 13.9. The molecule has 1 aromatic heterocycles. The van der Waals surface area contributed by atoms with Crippen molar-refractivity contribution in [3.05, 3.63) is 53.2 Å². The van der Waals surface area contributed by atoms with Gasteiger partial charge in [0, 0.05) is 24.0 Å². The predicted octanol–water partition coefficient (Wildman–Crippen LogP) is 5.98. The van der Waals surface area contributed by atoms with Crippen molar-refractivity contribution in [2.75, 3.05) is 6.54 Å². The van der Waals surface area contributed by atoms with Crippen LogP contribution in [0.5, 0.6) is 0 Å². The van der Waals surface area contributed by atoms with Crippen LogP contribution in [0.25, 0.3) is 10.9 Å². The van der Waals surface area contributed by atoms with Crippen LogP contribution >= 0.6 is 0 Å². The lowest BCUT2D eigenvalue weighted by molar-refractivity contribution is -0.142. The molecular weight excluding hydrogens is 410 g/mol. The summed E-state index contributed by atoms with van der Waals surface area (Å²) in [4.78, 5) is 5.08. The fourth-order valence-electron chi connectivity index (χ4n) is 3.47. The summed E-state index contributed by atoms with van der Waals surface area (Å²) in [5.74, 6) is 0. The average Bonchev–Trinajstić information content (AvgIpc) is 2.98. The zero-order chi connectivity index (χ0) is 22.9. The van der Waals surface area contributed by atoms with Gasteiger partial charge in [0.2, 0.25) is 0 Å². The van der Waals surface area contributed by atoms with Crippen LogP contribution in [0.1, 0.15) is 50.6 Å². The molecule has 1 aromatic carbocycles. The van der Waals surface area contributed by atoms with Crippen molar-refractivity contribution >= 4 is 10.9 Å². The van der Waals surface area contributed by atoms with Gasteiger partial charge in [0.25, 0.3) is 0 Å². The molecule has 1 aliphatic heterocycles. The molecule has 0 fully saturated rings. The smallest absolute Gasteiger partial charge is 0.387 e. The average molecular weight is 434 g/mol. The van der Waals surface area contributed by atoms with Crippen LogP contribution in [-0.2, 0) is 12.4 Å². The molecule has 2 aromatic rings. The molecule has 0 radical (unpaired) electrons. The number of para-hydroxylation sites is 1. The molecule has 0 aliphatic carbocycles. The van der Waals surface area contributed by atoms with E-state index < -0.39 is 35.2 Å². The third-order valence-electron chi connectivity index (χ3n) is 4.92. The number of aliphatic hydroxyl groups excluding tert-OH is 1. The number of pyridine rings is 1. The van der Waals surface area contributed by atoms with E-state index in [9.17, 15) is 31.4 Å². The summed E-state index contributed by atoms with van der Waals surface area (Å²) in [5.41, 5.74) is -3.78. The first-order valence-corrected chi connectivity index (χ1v) is 9.59. The highest BCUT2D eigenvalue weighted by atomic mass is 19.4. The monoisotopic (exact) mass is 434 g/mol. The number of aliphatic hydroxyl groups is 1. The zero-order valence-electron chi connectivity index (χ0n) is 17.0. The highest BCUT2D eigenvalue weighted by Crippen LogP contribution is 2.39. The first-order valence-electron chi connectivity index (χ1n) is 9.59.